The monoisotopic (exact) mass is 264 g/mol. The number of carboxylic acid groups (broad SMARTS) is 1. The minimum atomic E-state index is -1.05. The molecule has 2 heterocycles. The summed E-state index contributed by atoms with van der Waals surface area (Å²) >= 11 is 0. The van der Waals surface area contributed by atoms with Gasteiger partial charge < -0.3 is 15.4 Å². The van der Waals surface area contributed by atoms with Gasteiger partial charge in [0.15, 0.2) is 5.69 Å². The molecule has 0 spiro atoms. The number of nitrogens with one attached hydrogen (secondary N) is 2. The zero-order valence-electron chi connectivity index (χ0n) is 9.91. The molecule has 2 rings (SSSR count). The Labute approximate surface area is 107 Å². The van der Waals surface area contributed by atoms with Gasteiger partial charge in [0.2, 0.25) is 0 Å². The van der Waals surface area contributed by atoms with Crippen molar-refractivity contribution in [3.05, 3.63) is 30.1 Å². The van der Waals surface area contributed by atoms with Crippen molar-refractivity contribution in [3.63, 3.8) is 0 Å². The highest BCUT2D eigenvalue weighted by atomic mass is 16.4. The van der Waals surface area contributed by atoms with Gasteiger partial charge in [-0.2, -0.15) is 0 Å². The summed E-state index contributed by atoms with van der Waals surface area (Å²) in [6.07, 6.45) is 5.20. The van der Waals surface area contributed by atoms with Crippen LogP contribution in [-0.2, 0) is 17.8 Å². The molecule has 0 unspecified atom stereocenters. The van der Waals surface area contributed by atoms with Crippen LogP contribution in [0.2, 0.25) is 0 Å². The topological polar surface area (TPSA) is 126 Å². The highest BCUT2D eigenvalue weighted by Crippen LogP contribution is 1.94. The van der Waals surface area contributed by atoms with E-state index in [0.29, 0.717) is 13.0 Å². The van der Waals surface area contributed by atoms with Crippen molar-refractivity contribution in [2.75, 3.05) is 6.54 Å². The first-order valence-electron chi connectivity index (χ1n) is 5.53. The average Bonchev–Trinajstić information content (AvgIpc) is 2.99. The Hall–Kier alpha value is -2.71. The molecule has 0 saturated carbocycles. The van der Waals surface area contributed by atoms with E-state index in [-0.39, 0.29) is 12.2 Å². The summed E-state index contributed by atoms with van der Waals surface area (Å²) in [6.45, 7) is 0.0742. The quantitative estimate of drug-likeness (QED) is 0.618. The van der Waals surface area contributed by atoms with Gasteiger partial charge in [-0.3, -0.25) is 9.59 Å². The molecule has 0 saturated heterocycles. The first-order chi connectivity index (χ1) is 9.15. The molecule has 0 aliphatic carbocycles. The van der Waals surface area contributed by atoms with Gasteiger partial charge in [0, 0.05) is 25.4 Å². The molecule has 0 aliphatic rings. The Morgan fingerprint density at radius 1 is 1.47 bits per heavy atom. The van der Waals surface area contributed by atoms with E-state index in [1.807, 2.05) is 0 Å². The van der Waals surface area contributed by atoms with Gasteiger partial charge in [0.1, 0.15) is 12.4 Å². The Morgan fingerprint density at radius 2 is 2.32 bits per heavy atom. The summed E-state index contributed by atoms with van der Waals surface area (Å²) in [5.41, 5.74) is 0.0840. The number of H-pyrrole nitrogens is 1. The maximum absolute atomic E-state index is 11.7. The summed E-state index contributed by atoms with van der Waals surface area (Å²) in [4.78, 5) is 29.1. The maximum atomic E-state index is 11.7. The number of aromatic amines is 1. The largest absolute Gasteiger partial charge is 0.480 e. The van der Waals surface area contributed by atoms with Gasteiger partial charge in [-0.1, -0.05) is 5.21 Å². The molecule has 3 N–H and O–H groups in total. The highest BCUT2D eigenvalue weighted by Gasteiger charge is 2.11. The lowest BCUT2D eigenvalue weighted by Gasteiger charge is -2.00. The number of hydrogen-bond acceptors (Lipinski definition) is 5. The summed E-state index contributed by atoms with van der Waals surface area (Å²) in [5.74, 6) is -0.673. The molecule has 0 aliphatic heterocycles. The summed E-state index contributed by atoms with van der Waals surface area (Å²) in [7, 11) is 0. The van der Waals surface area contributed by atoms with Gasteiger partial charge in [-0.15, -0.1) is 5.10 Å². The number of aliphatic carboxylic acids is 1. The van der Waals surface area contributed by atoms with E-state index in [9.17, 15) is 9.59 Å². The minimum absolute atomic E-state index is 0.0840. The number of carboxylic acids is 1. The summed E-state index contributed by atoms with van der Waals surface area (Å²) in [6, 6.07) is 0. The summed E-state index contributed by atoms with van der Waals surface area (Å²) < 4.78 is 1.09. The molecule has 0 fully saturated rings. The molecule has 2 aromatic heterocycles. The highest BCUT2D eigenvalue weighted by molar-refractivity contribution is 5.91. The van der Waals surface area contributed by atoms with E-state index in [0.717, 1.165) is 10.5 Å². The van der Waals surface area contributed by atoms with E-state index in [2.05, 4.69) is 25.6 Å². The first-order valence-corrected chi connectivity index (χ1v) is 5.53. The number of aromatic nitrogens is 5. The van der Waals surface area contributed by atoms with E-state index >= 15 is 0 Å². The molecule has 2 aromatic rings. The number of imidazole rings is 1. The molecule has 0 bridgehead atoms. The summed E-state index contributed by atoms with van der Waals surface area (Å²) in [5, 5.41) is 18.3. The number of rotatable bonds is 6. The third-order valence-corrected chi connectivity index (χ3v) is 2.27. The number of hydrogen-bond donors (Lipinski definition) is 3. The smallest absolute Gasteiger partial charge is 0.325 e. The normalized spacial score (nSPS) is 10.3. The van der Waals surface area contributed by atoms with Crippen molar-refractivity contribution >= 4 is 11.9 Å². The number of carbonyl (C=O) groups is 2. The van der Waals surface area contributed by atoms with Crippen molar-refractivity contribution in [3.8, 4) is 0 Å². The molecular weight excluding hydrogens is 252 g/mol. The zero-order valence-corrected chi connectivity index (χ0v) is 9.91. The third kappa shape index (κ3) is 3.63. The lowest BCUT2D eigenvalue weighted by molar-refractivity contribution is -0.137. The second-order valence-corrected chi connectivity index (χ2v) is 3.74. The number of amides is 1. The Morgan fingerprint density at radius 3 is 3.00 bits per heavy atom. The minimum Gasteiger partial charge on any atom is -0.480 e. The van der Waals surface area contributed by atoms with Crippen LogP contribution in [0.4, 0.5) is 0 Å². The van der Waals surface area contributed by atoms with Crippen molar-refractivity contribution in [1.82, 2.24) is 30.3 Å². The van der Waals surface area contributed by atoms with Crippen LogP contribution in [0.25, 0.3) is 0 Å². The van der Waals surface area contributed by atoms with Crippen LogP contribution in [0.5, 0.6) is 0 Å². The first kappa shape index (κ1) is 12.7. The molecule has 0 atom stereocenters. The van der Waals surface area contributed by atoms with E-state index < -0.39 is 11.9 Å². The fraction of sp³-hybridized carbons (Fsp3) is 0.300. The standard InChI is InChI=1S/C10H12N6O3/c17-9(18)6-16-5-7(14-15-16)10(19)13-2-1-8-11-3-4-12-8/h3-5H,1-2,6H2,(H,11,12)(H,13,19)(H,17,18). The van der Waals surface area contributed by atoms with Gasteiger partial charge in [0.05, 0.1) is 6.20 Å². The predicted molar refractivity (Wildman–Crippen MR) is 62.3 cm³/mol. The molecule has 0 radical (unpaired) electrons. The number of carbonyl (C=O) groups excluding carboxylic acids is 1. The molecule has 0 aromatic carbocycles. The fourth-order valence-electron chi connectivity index (χ4n) is 1.44. The Bertz CT molecular complexity index is 562. The predicted octanol–water partition coefficient (Wildman–Crippen LogP) is -0.942. The van der Waals surface area contributed by atoms with E-state index in [1.165, 1.54) is 6.20 Å². The van der Waals surface area contributed by atoms with Crippen LogP contribution in [-0.4, -0.2) is 48.5 Å². The second-order valence-electron chi connectivity index (χ2n) is 3.74. The van der Waals surface area contributed by atoms with Crippen LogP contribution in [0.15, 0.2) is 18.6 Å². The zero-order chi connectivity index (χ0) is 13.7. The van der Waals surface area contributed by atoms with Crippen molar-refractivity contribution in [2.24, 2.45) is 0 Å². The molecule has 9 nitrogen and oxygen atoms in total. The average molecular weight is 264 g/mol. The lowest BCUT2D eigenvalue weighted by atomic mass is 10.3. The van der Waals surface area contributed by atoms with Crippen LogP contribution < -0.4 is 5.32 Å². The van der Waals surface area contributed by atoms with Gasteiger partial charge in [-0.25, -0.2) is 9.67 Å². The molecule has 9 heteroatoms. The SMILES string of the molecule is O=C(O)Cn1cc(C(=O)NCCc2ncc[nH]2)nn1. The van der Waals surface area contributed by atoms with Crippen molar-refractivity contribution in [1.29, 1.82) is 0 Å². The molecule has 19 heavy (non-hydrogen) atoms. The van der Waals surface area contributed by atoms with Crippen LogP contribution in [0.3, 0.4) is 0 Å². The lowest BCUT2D eigenvalue weighted by Crippen LogP contribution is -2.26. The van der Waals surface area contributed by atoms with Gasteiger partial charge in [0.25, 0.3) is 5.91 Å². The Kier molecular flexibility index (Phi) is 3.86. The van der Waals surface area contributed by atoms with E-state index in [4.69, 9.17) is 5.11 Å². The van der Waals surface area contributed by atoms with Crippen molar-refractivity contribution in [2.45, 2.75) is 13.0 Å². The van der Waals surface area contributed by atoms with Crippen LogP contribution in [0.1, 0.15) is 16.3 Å². The van der Waals surface area contributed by atoms with Gasteiger partial charge >= 0.3 is 5.97 Å². The Balaban J connectivity index is 1.82. The fourth-order valence-corrected chi connectivity index (χ4v) is 1.44. The van der Waals surface area contributed by atoms with Crippen molar-refractivity contribution < 1.29 is 14.7 Å². The molecule has 100 valence electrons. The third-order valence-electron chi connectivity index (χ3n) is 2.27. The number of nitrogens with zero attached hydrogens (tertiary/aromatic N) is 4. The second kappa shape index (κ2) is 5.76. The maximum Gasteiger partial charge on any atom is 0.325 e. The van der Waals surface area contributed by atoms with E-state index in [1.54, 1.807) is 12.4 Å². The molecular formula is C10H12N6O3. The van der Waals surface area contributed by atoms with Gasteiger partial charge in [-0.05, 0) is 0 Å². The molecule has 1 amide bonds. The van der Waals surface area contributed by atoms with Crippen LogP contribution >= 0.6 is 0 Å². The van der Waals surface area contributed by atoms with Crippen LogP contribution in [0, 0.1) is 0 Å².